The predicted molar refractivity (Wildman–Crippen MR) is 84.4 cm³/mol. The van der Waals surface area contributed by atoms with Crippen LogP contribution in [0.5, 0.6) is 0 Å². The summed E-state index contributed by atoms with van der Waals surface area (Å²) < 4.78 is 7.56. The van der Waals surface area contributed by atoms with Gasteiger partial charge in [-0.2, -0.15) is 5.10 Å². The Balaban J connectivity index is 1.67. The molecule has 0 amide bonds. The fraction of sp³-hybridized carbons (Fsp3) is 0.471. The zero-order valence-electron chi connectivity index (χ0n) is 12.5. The van der Waals surface area contributed by atoms with Gasteiger partial charge in [-0.15, -0.1) is 0 Å². The molecule has 4 nitrogen and oxygen atoms in total. The second-order valence-electron chi connectivity index (χ2n) is 5.71. The number of aromatic nitrogens is 2. The third kappa shape index (κ3) is 3.64. The quantitative estimate of drug-likeness (QED) is 0.916. The standard InChI is InChI=1S/C17H23N3O/c1-21-17-9-3-2-8-16(17)19-15-7-4-6-14(12-15)13-20-11-5-10-18-20/h4-7,10-12,16-17,19H,2-3,8-9,13H2,1H3. The molecule has 21 heavy (non-hydrogen) atoms. The molecule has 112 valence electrons. The van der Waals surface area contributed by atoms with Gasteiger partial charge in [-0.25, -0.2) is 0 Å². The normalized spacial score (nSPS) is 22.1. The second-order valence-corrected chi connectivity index (χ2v) is 5.71. The molecule has 1 N–H and O–H groups in total. The SMILES string of the molecule is COC1CCCCC1Nc1cccc(Cn2cccn2)c1. The number of anilines is 1. The first-order valence-electron chi connectivity index (χ1n) is 7.71. The summed E-state index contributed by atoms with van der Waals surface area (Å²) in [4.78, 5) is 0. The van der Waals surface area contributed by atoms with Gasteiger partial charge in [0.15, 0.2) is 0 Å². The van der Waals surface area contributed by atoms with E-state index < -0.39 is 0 Å². The van der Waals surface area contributed by atoms with Crippen LogP contribution in [0, 0.1) is 0 Å². The Kier molecular flexibility index (Phi) is 4.55. The molecular formula is C17H23N3O. The molecule has 0 radical (unpaired) electrons. The molecule has 3 rings (SSSR count). The summed E-state index contributed by atoms with van der Waals surface area (Å²) in [6.45, 7) is 0.806. The number of hydrogen-bond acceptors (Lipinski definition) is 3. The molecule has 0 aliphatic heterocycles. The topological polar surface area (TPSA) is 39.1 Å². The summed E-state index contributed by atoms with van der Waals surface area (Å²) in [6, 6.07) is 11.0. The molecule has 1 aromatic heterocycles. The maximum atomic E-state index is 5.61. The summed E-state index contributed by atoms with van der Waals surface area (Å²) in [5, 5.41) is 7.91. The molecule has 1 aromatic carbocycles. The highest BCUT2D eigenvalue weighted by molar-refractivity contribution is 5.47. The molecular weight excluding hydrogens is 262 g/mol. The minimum atomic E-state index is 0.327. The van der Waals surface area contributed by atoms with Crippen molar-refractivity contribution in [1.82, 2.24) is 9.78 Å². The zero-order chi connectivity index (χ0) is 14.5. The van der Waals surface area contributed by atoms with Crippen LogP contribution in [-0.4, -0.2) is 29.0 Å². The number of benzene rings is 1. The first-order valence-corrected chi connectivity index (χ1v) is 7.71. The maximum Gasteiger partial charge on any atom is 0.0772 e. The van der Waals surface area contributed by atoms with Crippen LogP contribution in [0.2, 0.25) is 0 Å². The van der Waals surface area contributed by atoms with Crippen LogP contribution in [0.4, 0.5) is 5.69 Å². The van der Waals surface area contributed by atoms with Gasteiger partial charge in [-0.3, -0.25) is 4.68 Å². The molecule has 0 saturated heterocycles. The van der Waals surface area contributed by atoms with Crippen LogP contribution in [-0.2, 0) is 11.3 Å². The van der Waals surface area contributed by atoms with E-state index in [2.05, 4.69) is 34.7 Å². The van der Waals surface area contributed by atoms with Crippen molar-refractivity contribution in [2.24, 2.45) is 0 Å². The van der Waals surface area contributed by atoms with Gasteiger partial charge in [-0.05, 0) is 36.6 Å². The molecule has 2 aromatic rings. The van der Waals surface area contributed by atoms with E-state index >= 15 is 0 Å². The molecule has 1 fully saturated rings. The third-order valence-corrected chi connectivity index (χ3v) is 4.19. The monoisotopic (exact) mass is 285 g/mol. The number of methoxy groups -OCH3 is 1. The van der Waals surface area contributed by atoms with Crippen LogP contribution in [0.3, 0.4) is 0 Å². The van der Waals surface area contributed by atoms with Gasteiger partial charge in [-0.1, -0.05) is 25.0 Å². The molecule has 1 aliphatic rings. The highest BCUT2D eigenvalue weighted by atomic mass is 16.5. The van der Waals surface area contributed by atoms with E-state index in [1.54, 1.807) is 0 Å². The Labute approximate surface area is 126 Å². The summed E-state index contributed by atoms with van der Waals surface area (Å²) in [7, 11) is 1.82. The lowest BCUT2D eigenvalue weighted by molar-refractivity contribution is 0.0606. The molecule has 1 saturated carbocycles. The van der Waals surface area contributed by atoms with Crippen molar-refractivity contribution >= 4 is 5.69 Å². The summed E-state index contributed by atoms with van der Waals surface area (Å²) in [5.41, 5.74) is 2.43. The predicted octanol–water partition coefficient (Wildman–Crippen LogP) is 3.30. The van der Waals surface area contributed by atoms with Gasteiger partial charge in [0, 0.05) is 25.2 Å². The molecule has 0 bridgehead atoms. The molecule has 2 unspecified atom stereocenters. The van der Waals surface area contributed by atoms with Gasteiger partial charge < -0.3 is 10.1 Å². The van der Waals surface area contributed by atoms with Crippen LogP contribution in [0.1, 0.15) is 31.2 Å². The Bertz CT molecular complexity index is 553. The lowest BCUT2D eigenvalue weighted by Crippen LogP contribution is -2.37. The van der Waals surface area contributed by atoms with Crippen molar-refractivity contribution in [3.05, 3.63) is 48.3 Å². The lowest BCUT2D eigenvalue weighted by Gasteiger charge is -2.31. The van der Waals surface area contributed by atoms with Crippen molar-refractivity contribution in [3.8, 4) is 0 Å². The third-order valence-electron chi connectivity index (χ3n) is 4.19. The molecule has 4 heteroatoms. The van der Waals surface area contributed by atoms with Crippen molar-refractivity contribution < 1.29 is 4.74 Å². The average Bonchev–Trinajstić information content (AvgIpc) is 3.01. The minimum Gasteiger partial charge on any atom is -0.380 e. The fourth-order valence-electron chi connectivity index (χ4n) is 3.10. The van der Waals surface area contributed by atoms with Gasteiger partial charge in [0.25, 0.3) is 0 Å². The van der Waals surface area contributed by atoms with Gasteiger partial charge in [0.05, 0.1) is 18.7 Å². The Morgan fingerprint density at radius 2 is 2.19 bits per heavy atom. The highest BCUT2D eigenvalue weighted by Gasteiger charge is 2.24. The highest BCUT2D eigenvalue weighted by Crippen LogP contribution is 2.24. The first-order chi connectivity index (χ1) is 10.3. The number of rotatable bonds is 5. The van der Waals surface area contributed by atoms with Crippen molar-refractivity contribution in [2.75, 3.05) is 12.4 Å². The molecule has 2 atom stereocenters. The molecule has 1 aliphatic carbocycles. The Morgan fingerprint density at radius 1 is 1.29 bits per heavy atom. The van der Waals surface area contributed by atoms with E-state index in [1.165, 1.54) is 30.5 Å². The molecule has 0 spiro atoms. The first kappa shape index (κ1) is 14.1. The fourth-order valence-corrected chi connectivity index (χ4v) is 3.10. The van der Waals surface area contributed by atoms with E-state index in [-0.39, 0.29) is 0 Å². The van der Waals surface area contributed by atoms with Gasteiger partial charge in [0.1, 0.15) is 0 Å². The van der Waals surface area contributed by atoms with E-state index in [4.69, 9.17) is 4.74 Å². The minimum absolute atomic E-state index is 0.327. The van der Waals surface area contributed by atoms with Gasteiger partial charge >= 0.3 is 0 Å². The summed E-state index contributed by atoms with van der Waals surface area (Å²) in [5.74, 6) is 0. The summed E-state index contributed by atoms with van der Waals surface area (Å²) >= 11 is 0. The van der Waals surface area contributed by atoms with E-state index in [1.807, 2.05) is 30.3 Å². The van der Waals surface area contributed by atoms with Crippen LogP contribution in [0.15, 0.2) is 42.7 Å². The van der Waals surface area contributed by atoms with Crippen LogP contribution >= 0.6 is 0 Å². The lowest BCUT2D eigenvalue weighted by atomic mass is 9.92. The summed E-state index contributed by atoms with van der Waals surface area (Å²) in [6.07, 6.45) is 9.02. The zero-order valence-corrected chi connectivity index (χ0v) is 12.5. The Hall–Kier alpha value is -1.81. The number of nitrogens with one attached hydrogen (secondary N) is 1. The van der Waals surface area contributed by atoms with E-state index in [0.29, 0.717) is 12.1 Å². The van der Waals surface area contributed by atoms with E-state index in [0.717, 1.165) is 13.0 Å². The maximum absolute atomic E-state index is 5.61. The van der Waals surface area contributed by atoms with Crippen molar-refractivity contribution in [1.29, 1.82) is 0 Å². The largest absolute Gasteiger partial charge is 0.380 e. The van der Waals surface area contributed by atoms with Crippen LogP contribution < -0.4 is 5.32 Å². The molecule has 1 heterocycles. The van der Waals surface area contributed by atoms with Gasteiger partial charge in [0.2, 0.25) is 0 Å². The number of nitrogens with zero attached hydrogens (tertiary/aromatic N) is 2. The van der Waals surface area contributed by atoms with Crippen molar-refractivity contribution in [3.63, 3.8) is 0 Å². The Morgan fingerprint density at radius 3 is 3.00 bits per heavy atom. The average molecular weight is 285 g/mol. The number of hydrogen-bond donors (Lipinski definition) is 1. The van der Waals surface area contributed by atoms with Crippen molar-refractivity contribution in [2.45, 2.75) is 44.4 Å². The smallest absolute Gasteiger partial charge is 0.0772 e. The van der Waals surface area contributed by atoms with E-state index in [9.17, 15) is 0 Å². The second kappa shape index (κ2) is 6.76. The number of ether oxygens (including phenoxy) is 1. The van der Waals surface area contributed by atoms with Crippen LogP contribution in [0.25, 0.3) is 0 Å².